The third kappa shape index (κ3) is 4.51. The Morgan fingerprint density at radius 2 is 1.04 bits per heavy atom. The van der Waals surface area contributed by atoms with Gasteiger partial charge in [-0.05, 0) is 64.7 Å². The first-order valence-corrected chi connectivity index (χ1v) is 19.3. The Morgan fingerprint density at radius 3 is 1.78 bits per heavy atom. The van der Waals surface area contributed by atoms with E-state index in [1.807, 2.05) is 23.5 Å². The maximum Gasteiger partial charge on any atom is 0.236 e. The average Bonchev–Trinajstić information content (AvgIpc) is 3.94. The van der Waals surface area contributed by atoms with E-state index < -0.39 is 0 Å². The highest BCUT2D eigenvalue weighted by Gasteiger charge is 2.25. The van der Waals surface area contributed by atoms with Crippen LogP contribution in [0.5, 0.6) is 0 Å². The van der Waals surface area contributed by atoms with Crippen LogP contribution in [0.2, 0.25) is 0 Å². The van der Waals surface area contributed by atoms with Gasteiger partial charge in [0.05, 0.1) is 11.0 Å². The highest BCUT2D eigenvalue weighted by molar-refractivity contribution is 7.27. The van der Waals surface area contributed by atoms with Crippen molar-refractivity contribution in [2.24, 2.45) is 0 Å². The van der Waals surface area contributed by atoms with E-state index in [2.05, 4.69) is 168 Å². The molecule has 0 saturated heterocycles. The summed E-state index contributed by atoms with van der Waals surface area (Å²) in [5.41, 5.74) is 10.6. The minimum atomic E-state index is 0.607. The first-order valence-electron chi connectivity index (χ1n) is 18.5. The molecule has 0 amide bonds. The Labute approximate surface area is 319 Å². The molecule has 0 atom stereocenters. The van der Waals surface area contributed by atoms with Crippen molar-refractivity contribution < 1.29 is 4.42 Å². The normalized spacial score (nSPS) is 12.0. The highest BCUT2D eigenvalue weighted by atomic mass is 32.1. The summed E-state index contributed by atoms with van der Waals surface area (Å²) in [6, 6.07) is 62.3. The van der Waals surface area contributed by atoms with E-state index in [0.717, 1.165) is 61.0 Å². The Balaban J connectivity index is 1.25. The Morgan fingerprint density at radius 1 is 0.455 bits per heavy atom. The number of furan rings is 1. The molecule has 0 unspecified atom stereocenters. The standard InChI is InChI=1S/C50H29N3OS/c1-3-15-30(16-4-1)32-27-33(31-17-5-2-6-18-31)29-34(28-32)45-48-46(38-22-10-13-25-41(38)54-48)52-50(51-45)53-40-24-12-9-21-37(40)43-44-39-23-11-14-26-42(39)55-49(44)36-20-8-7-19-35(36)47(43)53/h1-29H. The van der Waals surface area contributed by atoms with Gasteiger partial charge >= 0.3 is 0 Å². The molecule has 0 spiro atoms. The predicted octanol–water partition coefficient (Wildman–Crippen LogP) is 14.0. The summed E-state index contributed by atoms with van der Waals surface area (Å²) in [6.07, 6.45) is 0. The fraction of sp³-hybridized carbons (Fsp3) is 0. The van der Waals surface area contributed by atoms with Gasteiger partial charge < -0.3 is 4.42 Å². The Hall–Kier alpha value is -7.08. The van der Waals surface area contributed by atoms with Gasteiger partial charge in [0.25, 0.3) is 0 Å². The van der Waals surface area contributed by atoms with Gasteiger partial charge in [0, 0.05) is 52.7 Å². The van der Waals surface area contributed by atoms with E-state index in [0.29, 0.717) is 11.5 Å². The molecule has 4 nitrogen and oxygen atoms in total. The van der Waals surface area contributed by atoms with E-state index >= 15 is 0 Å². The molecule has 0 aliphatic carbocycles. The second-order valence-electron chi connectivity index (χ2n) is 14.1. The number of rotatable bonds is 4. The van der Waals surface area contributed by atoms with Crippen molar-refractivity contribution in [2.75, 3.05) is 0 Å². The summed E-state index contributed by atoms with van der Waals surface area (Å²) in [5, 5.41) is 8.31. The van der Waals surface area contributed by atoms with Crippen LogP contribution in [0, 0.1) is 0 Å². The molecule has 8 aromatic carbocycles. The van der Waals surface area contributed by atoms with E-state index in [-0.39, 0.29) is 0 Å². The largest absolute Gasteiger partial charge is 0.452 e. The molecule has 5 heteroatoms. The molecule has 0 saturated carbocycles. The number of nitrogens with zero attached hydrogens (tertiary/aromatic N) is 3. The van der Waals surface area contributed by atoms with Gasteiger partial charge in [-0.25, -0.2) is 9.97 Å². The third-order valence-corrected chi connectivity index (χ3v) is 12.2. The number of aromatic nitrogens is 3. The molecule has 256 valence electrons. The van der Waals surface area contributed by atoms with Crippen LogP contribution in [-0.2, 0) is 0 Å². The number of thiophene rings is 1. The zero-order valence-electron chi connectivity index (χ0n) is 29.4. The minimum Gasteiger partial charge on any atom is -0.452 e. The van der Waals surface area contributed by atoms with Crippen LogP contribution >= 0.6 is 11.3 Å². The molecular weight excluding hydrogens is 691 g/mol. The summed E-state index contributed by atoms with van der Waals surface area (Å²) in [4.78, 5) is 11.0. The molecule has 4 heterocycles. The van der Waals surface area contributed by atoms with Gasteiger partial charge in [-0.3, -0.25) is 4.57 Å². The van der Waals surface area contributed by atoms with Crippen LogP contribution in [0.4, 0.5) is 0 Å². The lowest BCUT2D eigenvalue weighted by atomic mass is 9.95. The zero-order chi connectivity index (χ0) is 36.0. The summed E-state index contributed by atoms with van der Waals surface area (Å²) >= 11 is 1.87. The summed E-state index contributed by atoms with van der Waals surface area (Å²) in [7, 11) is 0. The molecule has 12 aromatic rings. The van der Waals surface area contributed by atoms with Crippen molar-refractivity contribution in [1.82, 2.24) is 14.5 Å². The van der Waals surface area contributed by atoms with Gasteiger partial charge in [0.15, 0.2) is 5.58 Å². The van der Waals surface area contributed by atoms with E-state index in [1.54, 1.807) is 0 Å². The van der Waals surface area contributed by atoms with Crippen LogP contribution in [0.1, 0.15) is 0 Å². The number of para-hydroxylation sites is 2. The van der Waals surface area contributed by atoms with Crippen LogP contribution in [0.15, 0.2) is 180 Å². The van der Waals surface area contributed by atoms with Crippen molar-refractivity contribution in [3.05, 3.63) is 176 Å². The molecule has 12 rings (SSSR count). The van der Waals surface area contributed by atoms with Crippen molar-refractivity contribution in [1.29, 1.82) is 0 Å². The van der Waals surface area contributed by atoms with E-state index in [4.69, 9.17) is 14.4 Å². The van der Waals surface area contributed by atoms with Crippen molar-refractivity contribution in [3.63, 3.8) is 0 Å². The number of benzene rings is 8. The van der Waals surface area contributed by atoms with Crippen LogP contribution in [0.25, 0.3) is 114 Å². The lowest BCUT2D eigenvalue weighted by molar-refractivity contribution is 0.666. The second kappa shape index (κ2) is 11.7. The monoisotopic (exact) mass is 719 g/mol. The van der Waals surface area contributed by atoms with Gasteiger partial charge in [-0.15, -0.1) is 11.3 Å². The number of fused-ring (bicyclic) bond motifs is 13. The molecule has 0 N–H and O–H groups in total. The maximum atomic E-state index is 6.71. The SMILES string of the molecule is c1ccc(-c2cc(-c3ccccc3)cc(-c3nc(-n4c5ccccc5c5c6c7ccccc7sc6c6ccccc6c54)nc4c3oc3ccccc34)c2)cc1. The number of hydrogen-bond acceptors (Lipinski definition) is 4. The summed E-state index contributed by atoms with van der Waals surface area (Å²) < 4.78 is 11.6. The third-order valence-electron chi connectivity index (χ3n) is 11.0. The first-order chi connectivity index (χ1) is 27.3. The summed E-state index contributed by atoms with van der Waals surface area (Å²) in [5.74, 6) is 0.607. The van der Waals surface area contributed by atoms with Crippen molar-refractivity contribution >= 4 is 86.2 Å². The Kier molecular flexibility index (Phi) is 6.47. The van der Waals surface area contributed by atoms with E-state index in [9.17, 15) is 0 Å². The van der Waals surface area contributed by atoms with Crippen LogP contribution < -0.4 is 0 Å². The highest BCUT2D eigenvalue weighted by Crippen LogP contribution is 2.48. The van der Waals surface area contributed by atoms with Crippen LogP contribution in [0.3, 0.4) is 0 Å². The predicted molar refractivity (Wildman–Crippen MR) is 230 cm³/mol. The van der Waals surface area contributed by atoms with Crippen molar-refractivity contribution in [3.8, 4) is 39.5 Å². The molecular formula is C50H29N3OS. The topological polar surface area (TPSA) is 43.9 Å². The second-order valence-corrected chi connectivity index (χ2v) is 15.2. The molecule has 0 aliphatic heterocycles. The van der Waals surface area contributed by atoms with Gasteiger partial charge in [-0.1, -0.05) is 133 Å². The average molecular weight is 720 g/mol. The van der Waals surface area contributed by atoms with Gasteiger partial charge in [0.1, 0.15) is 16.8 Å². The maximum absolute atomic E-state index is 6.71. The van der Waals surface area contributed by atoms with E-state index in [1.165, 1.54) is 41.7 Å². The smallest absolute Gasteiger partial charge is 0.236 e. The molecule has 55 heavy (non-hydrogen) atoms. The van der Waals surface area contributed by atoms with Crippen molar-refractivity contribution in [2.45, 2.75) is 0 Å². The molecule has 4 aromatic heterocycles. The lowest BCUT2D eigenvalue weighted by Crippen LogP contribution is -2.03. The Bertz CT molecular complexity index is 3430. The van der Waals surface area contributed by atoms with Gasteiger partial charge in [-0.2, -0.15) is 0 Å². The fourth-order valence-electron chi connectivity index (χ4n) is 8.56. The van der Waals surface area contributed by atoms with Crippen LogP contribution in [-0.4, -0.2) is 14.5 Å². The minimum absolute atomic E-state index is 0.607. The quantitative estimate of drug-likeness (QED) is 0.182. The molecule has 0 bridgehead atoms. The molecule has 0 aliphatic rings. The lowest BCUT2D eigenvalue weighted by Gasteiger charge is -2.13. The zero-order valence-corrected chi connectivity index (χ0v) is 30.2. The first kappa shape index (κ1) is 30.4. The van der Waals surface area contributed by atoms with Gasteiger partial charge in [0.2, 0.25) is 5.95 Å². The fourth-order valence-corrected chi connectivity index (χ4v) is 9.81. The molecule has 0 fully saturated rings. The number of hydrogen-bond donors (Lipinski definition) is 0. The summed E-state index contributed by atoms with van der Waals surface area (Å²) in [6.45, 7) is 0. The molecule has 0 radical (unpaired) electrons.